The molecule has 0 bridgehead atoms. The van der Waals surface area contributed by atoms with Gasteiger partial charge in [0.15, 0.2) is 0 Å². The van der Waals surface area contributed by atoms with Crippen LogP contribution >= 0.6 is 0 Å². The number of aliphatic hydroxyl groups is 1. The van der Waals surface area contributed by atoms with E-state index in [1.807, 2.05) is 0 Å². The first-order chi connectivity index (χ1) is 5.18. The molecule has 64 valence electrons. The van der Waals surface area contributed by atoms with Crippen molar-refractivity contribution < 1.29 is 5.11 Å². The lowest BCUT2D eigenvalue weighted by Crippen LogP contribution is -2.33. The first-order valence-corrected chi connectivity index (χ1v) is 4.91. The van der Waals surface area contributed by atoms with Crippen molar-refractivity contribution in [2.75, 3.05) is 0 Å². The summed E-state index contributed by atoms with van der Waals surface area (Å²) in [5, 5.41) is 9.94. The third-order valence-electron chi connectivity index (χ3n) is 3.86. The second-order valence-corrected chi connectivity index (χ2v) is 4.58. The van der Waals surface area contributed by atoms with E-state index in [4.69, 9.17) is 0 Å². The minimum absolute atomic E-state index is 0.284. The summed E-state index contributed by atoms with van der Waals surface area (Å²) in [4.78, 5) is 0. The zero-order chi connectivity index (χ0) is 7.95. The Bertz CT molecular complexity index is 148. The van der Waals surface area contributed by atoms with Gasteiger partial charge in [-0.3, -0.25) is 0 Å². The molecule has 0 atom stereocenters. The minimum atomic E-state index is -0.284. The predicted molar refractivity (Wildman–Crippen MR) is 45.4 cm³/mol. The van der Waals surface area contributed by atoms with E-state index in [1.54, 1.807) is 0 Å². The Morgan fingerprint density at radius 1 is 1.00 bits per heavy atom. The smallest absolute Gasteiger partial charge is 0.0645 e. The van der Waals surface area contributed by atoms with Crippen LogP contribution in [-0.2, 0) is 0 Å². The van der Waals surface area contributed by atoms with E-state index in [-0.39, 0.29) is 5.60 Å². The van der Waals surface area contributed by atoms with Crippen LogP contribution in [0, 0.1) is 5.41 Å². The van der Waals surface area contributed by atoms with E-state index in [2.05, 4.69) is 6.92 Å². The fraction of sp³-hybridized carbons (Fsp3) is 1.00. The first-order valence-electron chi connectivity index (χ1n) is 4.91. The number of hydrogen-bond acceptors (Lipinski definition) is 1. The average Bonchev–Trinajstić information content (AvgIpc) is 2.78. The molecule has 0 aromatic rings. The Kier molecular flexibility index (Phi) is 1.54. The maximum atomic E-state index is 9.94. The average molecular weight is 154 g/mol. The lowest BCUT2D eigenvalue weighted by Gasteiger charge is -2.35. The zero-order valence-corrected chi connectivity index (χ0v) is 7.40. The van der Waals surface area contributed by atoms with E-state index in [9.17, 15) is 5.11 Å². The minimum Gasteiger partial charge on any atom is -0.390 e. The van der Waals surface area contributed by atoms with Gasteiger partial charge < -0.3 is 5.11 Å². The molecule has 0 heterocycles. The van der Waals surface area contributed by atoms with Crippen molar-refractivity contribution in [3.63, 3.8) is 0 Å². The Labute approximate surface area is 68.8 Å². The van der Waals surface area contributed by atoms with Crippen molar-refractivity contribution in [1.82, 2.24) is 0 Å². The van der Waals surface area contributed by atoms with Gasteiger partial charge in [-0.25, -0.2) is 0 Å². The van der Waals surface area contributed by atoms with Crippen molar-refractivity contribution in [3.05, 3.63) is 0 Å². The second kappa shape index (κ2) is 2.22. The lowest BCUT2D eigenvalue weighted by molar-refractivity contribution is -0.0166. The summed E-state index contributed by atoms with van der Waals surface area (Å²) in [7, 11) is 0. The molecular weight excluding hydrogens is 136 g/mol. The summed E-state index contributed by atoms with van der Waals surface area (Å²) in [6, 6.07) is 0. The van der Waals surface area contributed by atoms with Crippen LogP contribution in [0.1, 0.15) is 51.9 Å². The van der Waals surface area contributed by atoms with Gasteiger partial charge in [-0.15, -0.1) is 0 Å². The van der Waals surface area contributed by atoms with Crippen LogP contribution in [0.5, 0.6) is 0 Å². The lowest BCUT2D eigenvalue weighted by atomic mass is 9.76. The summed E-state index contributed by atoms with van der Waals surface area (Å²) in [6.45, 7) is 2.10. The molecule has 2 aliphatic rings. The molecule has 2 saturated carbocycles. The van der Waals surface area contributed by atoms with E-state index >= 15 is 0 Å². The normalized spacial score (nSPS) is 32.2. The van der Waals surface area contributed by atoms with Gasteiger partial charge in [0.05, 0.1) is 5.60 Å². The highest BCUT2D eigenvalue weighted by Gasteiger charge is 2.47. The topological polar surface area (TPSA) is 20.2 Å². The molecule has 0 unspecified atom stereocenters. The predicted octanol–water partition coefficient (Wildman–Crippen LogP) is 2.48. The molecule has 11 heavy (non-hydrogen) atoms. The molecular formula is C10H18O. The Balaban J connectivity index is 1.93. The van der Waals surface area contributed by atoms with Crippen molar-refractivity contribution in [3.8, 4) is 0 Å². The van der Waals surface area contributed by atoms with Crippen molar-refractivity contribution >= 4 is 0 Å². The molecule has 0 aliphatic heterocycles. The summed E-state index contributed by atoms with van der Waals surface area (Å²) in [5.74, 6) is 0. The molecule has 0 aromatic carbocycles. The zero-order valence-electron chi connectivity index (χ0n) is 7.40. The highest BCUT2D eigenvalue weighted by atomic mass is 16.3. The third kappa shape index (κ3) is 1.31. The van der Waals surface area contributed by atoms with Crippen LogP contribution in [0.2, 0.25) is 0 Å². The van der Waals surface area contributed by atoms with E-state index in [1.165, 1.54) is 25.7 Å². The van der Waals surface area contributed by atoms with Crippen molar-refractivity contribution in [2.24, 2.45) is 5.41 Å². The monoisotopic (exact) mass is 154 g/mol. The van der Waals surface area contributed by atoms with Crippen molar-refractivity contribution in [1.29, 1.82) is 0 Å². The third-order valence-corrected chi connectivity index (χ3v) is 3.86. The van der Waals surface area contributed by atoms with E-state index in [0.717, 1.165) is 24.7 Å². The first kappa shape index (κ1) is 7.60. The van der Waals surface area contributed by atoms with Gasteiger partial charge >= 0.3 is 0 Å². The van der Waals surface area contributed by atoms with Gasteiger partial charge in [0, 0.05) is 0 Å². The summed E-state index contributed by atoms with van der Waals surface area (Å²) < 4.78 is 0. The number of rotatable bonds is 1. The van der Waals surface area contributed by atoms with Gasteiger partial charge in [0.2, 0.25) is 0 Å². The molecule has 1 N–H and O–H groups in total. The molecule has 0 aromatic heterocycles. The quantitative estimate of drug-likeness (QED) is 0.615. The van der Waals surface area contributed by atoms with Crippen LogP contribution < -0.4 is 0 Å². The SMILES string of the molecule is CCC1(O)CCC2(CC1)CC2. The van der Waals surface area contributed by atoms with Gasteiger partial charge in [0.25, 0.3) is 0 Å². The van der Waals surface area contributed by atoms with Crippen LogP contribution in [0.25, 0.3) is 0 Å². The Hall–Kier alpha value is -0.0400. The molecule has 0 radical (unpaired) electrons. The van der Waals surface area contributed by atoms with Crippen LogP contribution in [-0.4, -0.2) is 10.7 Å². The van der Waals surface area contributed by atoms with Gasteiger partial charge in [-0.05, 0) is 50.4 Å². The standard InChI is InChI=1S/C10H18O/c1-2-10(11)7-5-9(3-4-9)6-8-10/h11H,2-8H2,1H3. The van der Waals surface area contributed by atoms with Crippen LogP contribution in [0.15, 0.2) is 0 Å². The van der Waals surface area contributed by atoms with Gasteiger partial charge in [0.1, 0.15) is 0 Å². The van der Waals surface area contributed by atoms with Crippen LogP contribution in [0.4, 0.5) is 0 Å². The molecule has 1 heteroatoms. The van der Waals surface area contributed by atoms with Crippen LogP contribution in [0.3, 0.4) is 0 Å². The van der Waals surface area contributed by atoms with Gasteiger partial charge in [-0.1, -0.05) is 6.92 Å². The highest BCUT2D eigenvalue weighted by Crippen LogP contribution is 2.58. The fourth-order valence-electron chi connectivity index (χ4n) is 2.28. The highest BCUT2D eigenvalue weighted by molar-refractivity contribution is 5.00. The molecule has 0 amide bonds. The fourth-order valence-corrected chi connectivity index (χ4v) is 2.28. The van der Waals surface area contributed by atoms with Crippen molar-refractivity contribution in [2.45, 2.75) is 57.5 Å². The second-order valence-electron chi connectivity index (χ2n) is 4.58. The maximum Gasteiger partial charge on any atom is 0.0645 e. The molecule has 2 rings (SSSR count). The Morgan fingerprint density at radius 2 is 1.45 bits per heavy atom. The maximum absolute atomic E-state index is 9.94. The Morgan fingerprint density at radius 3 is 1.82 bits per heavy atom. The summed E-state index contributed by atoms with van der Waals surface area (Å²) in [5.41, 5.74) is 0.440. The van der Waals surface area contributed by atoms with E-state index in [0.29, 0.717) is 0 Å². The molecule has 0 saturated heterocycles. The molecule has 2 fully saturated rings. The summed E-state index contributed by atoms with van der Waals surface area (Å²) in [6.07, 6.45) is 8.52. The molecule has 2 aliphatic carbocycles. The molecule has 1 nitrogen and oxygen atoms in total. The van der Waals surface area contributed by atoms with E-state index < -0.39 is 0 Å². The van der Waals surface area contributed by atoms with Gasteiger partial charge in [-0.2, -0.15) is 0 Å². The largest absolute Gasteiger partial charge is 0.390 e. The number of hydrogen-bond donors (Lipinski definition) is 1. The molecule has 1 spiro atoms. The summed E-state index contributed by atoms with van der Waals surface area (Å²) >= 11 is 0.